The molecule has 0 radical (unpaired) electrons. The Bertz CT molecular complexity index is 1130. The second-order valence-corrected chi connectivity index (χ2v) is 5.79. The average molecular weight is 412 g/mol. The van der Waals surface area contributed by atoms with E-state index in [9.17, 15) is 4.79 Å². The van der Waals surface area contributed by atoms with Crippen LogP contribution >= 0.6 is 0 Å². The summed E-state index contributed by atoms with van der Waals surface area (Å²) in [4.78, 5) is 27.1. The molecule has 2 aromatic heterocycles. The number of hydrogen-bond acceptors (Lipinski definition) is 5. The van der Waals surface area contributed by atoms with Gasteiger partial charge >= 0.3 is 19.5 Å². The molecule has 0 aliphatic heterocycles. The summed E-state index contributed by atoms with van der Waals surface area (Å²) in [5.74, 6) is -0.259. The third-order valence-corrected chi connectivity index (χ3v) is 4.02. The van der Waals surface area contributed by atoms with Gasteiger partial charge in [0.15, 0.2) is 11.6 Å². The molecule has 0 fully saturated rings. The molecule has 4 rings (SSSR count). The SMILES string of the molecule is N=C(N)c1ccc2nc(C(=O)c3nc4ccc(C(=N)N)cc4[nH]3)[nH]c2c1.[Zn+2]. The van der Waals surface area contributed by atoms with E-state index in [0.717, 1.165) is 0 Å². The Kier molecular flexibility index (Phi) is 4.59. The molecule has 9 nitrogen and oxygen atoms in total. The van der Waals surface area contributed by atoms with Crippen molar-refractivity contribution in [1.29, 1.82) is 10.8 Å². The van der Waals surface area contributed by atoms with Crippen LogP contribution in [0.3, 0.4) is 0 Å². The monoisotopic (exact) mass is 410 g/mol. The molecule has 27 heavy (non-hydrogen) atoms. The van der Waals surface area contributed by atoms with Crippen LogP contribution in [0.25, 0.3) is 22.1 Å². The number of carbonyl (C=O) groups is 1. The van der Waals surface area contributed by atoms with Gasteiger partial charge in [-0.2, -0.15) is 0 Å². The van der Waals surface area contributed by atoms with Crippen molar-refractivity contribution in [3.05, 3.63) is 59.2 Å². The van der Waals surface area contributed by atoms with E-state index in [0.29, 0.717) is 33.2 Å². The first kappa shape index (κ1) is 18.4. The van der Waals surface area contributed by atoms with Gasteiger partial charge in [-0.1, -0.05) is 0 Å². The molecule has 0 unspecified atom stereocenters. The Hall–Kier alpha value is -3.39. The van der Waals surface area contributed by atoms with Gasteiger partial charge < -0.3 is 21.4 Å². The standard InChI is InChI=1S/C17H14N8O.Zn/c18-14(19)7-1-3-9-11(5-7)24-16(22-9)13(26)17-23-10-4-2-8(15(20)21)6-12(10)25-17;/h1-6H,(H3,18,19)(H3,20,21)(H,22,24)(H,23,25);/q;+2. The predicted molar refractivity (Wildman–Crippen MR) is 97.7 cm³/mol. The van der Waals surface area contributed by atoms with Crippen LogP contribution in [0.4, 0.5) is 0 Å². The number of imidazole rings is 2. The van der Waals surface area contributed by atoms with Crippen molar-refractivity contribution in [2.45, 2.75) is 0 Å². The molecule has 2 aromatic carbocycles. The molecule has 10 heteroatoms. The molecule has 0 atom stereocenters. The molecule has 0 saturated heterocycles. The Labute approximate surface area is 165 Å². The van der Waals surface area contributed by atoms with E-state index >= 15 is 0 Å². The molecule has 0 aliphatic rings. The van der Waals surface area contributed by atoms with Crippen molar-refractivity contribution in [2.24, 2.45) is 11.5 Å². The van der Waals surface area contributed by atoms with Gasteiger partial charge in [-0.25, -0.2) is 9.97 Å². The zero-order chi connectivity index (χ0) is 18.4. The van der Waals surface area contributed by atoms with Crippen LogP contribution in [0.2, 0.25) is 0 Å². The van der Waals surface area contributed by atoms with E-state index in [2.05, 4.69) is 19.9 Å². The van der Waals surface area contributed by atoms with E-state index in [1.807, 2.05) is 0 Å². The van der Waals surface area contributed by atoms with Gasteiger partial charge in [0.05, 0.1) is 22.1 Å². The predicted octanol–water partition coefficient (Wildman–Crippen LogP) is 1.24. The van der Waals surface area contributed by atoms with E-state index < -0.39 is 5.78 Å². The molecule has 0 aliphatic carbocycles. The molecular formula is C17H14N8OZn+2. The number of aromatic amines is 2. The normalized spacial score (nSPS) is 10.7. The minimum atomic E-state index is -0.397. The number of nitrogen functional groups attached to an aromatic ring is 2. The number of nitrogens with one attached hydrogen (secondary N) is 4. The van der Waals surface area contributed by atoms with E-state index in [-0.39, 0.29) is 42.8 Å². The third kappa shape index (κ3) is 3.22. The number of amidine groups is 2. The van der Waals surface area contributed by atoms with Gasteiger partial charge in [0, 0.05) is 11.1 Å². The largest absolute Gasteiger partial charge is 2.00 e. The van der Waals surface area contributed by atoms with E-state index in [4.69, 9.17) is 22.3 Å². The number of rotatable bonds is 4. The van der Waals surface area contributed by atoms with Crippen molar-refractivity contribution < 1.29 is 24.3 Å². The molecule has 0 bridgehead atoms. The maximum atomic E-state index is 12.7. The Balaban J connectivity index is 0.00000210. The first-order valence-corrected chi connectivity index (χ1v) is 7.65. The van der Waals surface area contributed by atoms with Crippen LogP contribution in [-0.2, 0) is 19.5 Å². The summed E-state index contributed by atoms with van der Waals surface area (Å²) in [7, 11) is 0. The third-order valence-electron chi connectivity index (χ3n) is 4.02. The average Bonchev–Trinajstić information content (AvgIpc) is 3.23. The smallest absolute Gasteiger partial charge is 0.384 e. The Morgan fingerprint density at radius 1 is 0.815 bits per heavy atom. The number of nitrogens with two attached hydrogens (primary N) is 2. The second-order valence-electron chi connectivity index (χ2n) is 5.79. The van der Waals surface area contributed by atoms with Crippen LogP contribution in [0.5, 0.6) is 0 Å². The molecule has 2 heterocycles. The van der Waals surface area contributed by atoms with Crippen LogP contribution in [0.15, 0.2) is 36.4 Å². The number of ketones is 1. The van der Waals surface area contributed by atoms with Crippen molar-refractivity contribution >= 4 is 39.5 Å². The molecule has 0 saturated carbocycles. The Morgan fingerprint density at radius 2 is 1.22 bits per heavy atom. The molecule has 0 spiro atoms. The maximum Gasteiger partial charge on any atom is 2.00 e. The number of benzene rings is 2. The second kappa shape index (κ2) is 6.73. The van der Waals surface area contributed by atoms with Crippen LogP contribution in [0.1, 0.15) is 27.6 Å². The summed E-state index contributed by atoms with van der Waals surface area (Å²) in [6.45, 7) is 0. The van der Waals surface area contributed by atoms with Gasteiger partial charge in [-0.05, 0) is 36.4 Å². The van der Waals surface area contributed by atoms with Crippen LogP contribution in [0, 0.1) is 10.8 Å². The summed E-state index contributed by atoms with van der Waals surface area (Å²) in [5.41, 5.74) is 14.4. The number of aromatic nitrogens is 4. The molecule has 8 N–H and O–H groups in total. The van der Waals surface area contributed by atoms with Crippen LogP contribution in [-0.4, -0.2) is 37.4 Å². The fourth-order valence-corrected chi connectivity index (χ4v) is 2.68. The van der Waals surface area contributed by atoms with Crippen molar-refractivity contribution in [3.8, 4) is 0 Å². The number of H-pyrrole nitrogens is 2. The molecule has 128 valence electrons. The maximum absolute atomic E-state index is 12.7. The number of fused-ring (bicyclic) bond motifs is 2. The zero-order valence-corrected chi connectivity index (χ0v) is 17.1. The van der Waals surface area contributed by atoms with Crippen molar-refractivity contribution in [3.63, 3.8) is 0 Å². The summed E-state index contributed by atoms with van der Waals surface area (Å²) in [6, 6.07) is 10.1. The van der Waals surface area contributed by atoms with Gasteiger partial charge in [-0.15, -0.1) is 0 Å². The summed E-state index contributed by atoms with van der Waals surface area (Å²) in [6.07, 6.45) is 0. The molecule has 0 amide bonds. The van der Waals surface area contributed by atoms with Crippen molar-refractivity contribution in [2.75, 3.05) is 0 Å². The molecular weight excluding hydrogens is 398 g/mol. The summed E-state index contributed by atoms with van der Waals surface area (Å²) >= 11 is 0. The fourth-order valence-electron chi connectivity index (χ4n) is 2.68. The van der Waals surface area contributed by atoms with Gasteiger partial charge in [0.1, 0.15) is 11.7 Å². The number of nitrogens with zero attached hydrogens (tertiary/aromatic N) is 2. The summed E-state index contributed by atoms with van der Waals surface area (Å²) < 4.78 is 0. The number of hydrogen-bond donors (Lipinski definition) is 6. The molecule has 4 aromatic rings. The van der Waals surface area contributed by atoms with E-state index in [1.165, 1.54) is 0 Å². The summed E-state index contributed by atoms with van der Waals surface area (Å²) in [5, 5.41) is 15.0. The fraction of sp³-hybridized carbons (Fsp3) is 0. The van der Waals surface area contributed by atoms with Crippen molar-refractivity contribution in [1.82, 2.24) is 19.9 Å². The van der Waals surface area contributed by atoms with Crippen LogP contribution < -0.4 is 11.5 Å². The first-order chi connectivity index (χ1) is 12.4. The minimum absolute atomic E-state index is 0. The van der Waals surface area contributed by atoms with Gasteiger partial charge in [-0.3, -0.25) is 15.6 Å². The van der Waals surface area contributed by atoms with E-state index in [1.54, 1.807) is 36.4 Å². The van der Waals surface area contributed by atoms with Gasteiger partial charge in [0.2, 0.25) is 0 Å². The zero-order valence-electron chi connectivity index (χ0n) is 14.1. The first-order valence-electron chi connectivity index (χ1n) is 7.65. The topological polar surface area (TPSA) is 174 Å². The minimum Gasteiger partial charge on any atom is -0.384 e. The van der Waals surface area contributed by atoms with Gasteiger partial charge in [0.25, 0.3) is 5.78 Å². The number of carbonyl (C=O) groups excluding carboxylic acids is 1. The quantitative estimate of drug-likeness (QED) is 0.128. The Morgan fingerprint density at radius 3 is 1.59 bits per heavy atom.